The van der Waals surface area contributed by atoms with Gasteiger partial charge in [0.15, 0.2) is 0 Å². The Morgan fingerprint density at radius 2 is 1.90 bits per heavy atom. The van der Waals surface area contributed by atoms with Crippen LogP contribution in [0.25, 0.3) is 20.7 Å². The normalized spacial score (nSPS) is 16.4. The average molecular weight is 447 g/mol. The summed E-state index contributed by atoms with van der Waals surface area (Å²) in [6, 6.07) is 13.6. The third-order valence-electron chi connectivity index (χ3n) is 6.48. The van der Waals surface area contributed by atoms with Crippen LogP contribution in [0.3, 0.4) is 0 Å². The lowest BCUT2D eigenvalue weighted by atomic mass is 9.71. The van der Waals surface area contributed by atoms with Crippen LogP contribution >= 0.6 is 22.7 Å². The second-order valence-corrected chi connectivity index (χ2v) is 11.4. The van der Waals surface area contributed by atoms with Gasteiger partial charge in [0.1, 0.15) is 9.71 Å². The van der Waals surface area contributed by atoms with Gasteiger partial charge in [-0.15, -0.1) is 22.7 Å². The number of pyridine rings is 1. The van der Waals surface area contributed by atoms with Crippen LogP contribution in [-0.4, -0.2) is 10.8 Å². The van der Waals surface area contributed by atoms with Gasteiger partial charge in [-0.25, -0.2) is 4.98 Å². The van der Waals surface area contributed by atoms with Crippen LogP contribution in [0, 0.1) is 11.3 Å². The zero-order valence-corrected chi connectivity index (χ0v) is 19.7. The Balaban J connectivity index is 1.73. The summed E-state index contributed by atoms with van der Waals surface area (Å²) in [5.74, 6) is 0.577. The summed E-state index contributed by atoms with van der Waals surface area (Å²) in [6.45, 7) is 6.96. The van der Waals surface area contributed by atoms with E-state index in [2.05, 4.69) is 38.3 Å². The van der Waals surface area contributed by atoms with Crippen molar-refractivity contribution in [1.29, 1.82) is 0 Å². The van der Waals surface area contributed by atoms with Gasteiger partial charge in [-0.1, -0.05) is 57.2 Å². The van der Waals surface area contributed by atoms with Crippen molar-refractivity contribution in [3.63, 3.8) is 0 Å². The van der Waals surface area contributed by atoms with Gasteiger partial charge in [0.05, 0.1) is 5.69 Å². The third kappa shape index (κ3) is 3.50. The van der Waals surface area contributed by atoms with Gasteiger partial charge in [0, 0.05) is 27.1 Å². The van der Waals surface area contributed by atoms with Gasteiger partial charge >= 0.3 is 0 Å². The summed E-state index contributed by atoms with van der Waals surface area (Å²) >= 11 is 3.17. The molecule has 0 radical (unpaired) electrons. The summed E-state index contributed by atoms with van der Waals surface area (Å²) in [6.07, 6.45) is 3.14. The van der Waals surface area contributed by atoms with E-state index in [1.54, 1.807) is 11.3 Å². The third-order valence-corrected chi connectivity index (χ3v) is 8.47. The van der Waals surface area contributed by atoms with Crippen molar-refractivity contribution in [2.24, 2.45) is 11.3 Å². The first-order valence-electron chi connectivity index (χ1n) is 10.7. The van der Waals surface area contributed by atoms with Crippen LogP contribution in [-0.2, 0) is 12.8 Å². The number of fused-ring (bicyclic) bond motifs is 2. The van der Waals surface area contributed by atoms with E-state index in [4.69, 9.17) is 10.7 Å². The molecule has 4 aromatic rings. The van der Waals surface area contributed by atoms with Gasteiger partial charge < -0.3 is 5.73 Å². The first-order valence-corrected chi connectivity index (χ1v) is 12.4. The molecule has 2 N–H and O–H groups in total. The Labute approximate surface area is 191 Å². The van der Waals surface area contributed by atoms with Gasteiger partial charge in [-0.2, -0.15) is 0 Å². The number of carbonyl (C=O) groups excluding carboxylic acids is 1. The topological polar surface area (TPSA) is 56.0 Å². The zero-order chi connectivity index (χ0) is 21.8. The summed E-state index contributed by atoms with van der Waals surface area (Å²) in [7, 11) is 0. The second-order valence-electron chi connectivity index (χ2n) is 9.42. The average Bonchev–Trinajstić information content (AvgIpc) is 3.40. The Kier molecular flexibility index (Phi) is 4.98. The fourth-order valence-electron chi connectivity index (χ4n) is 4.65. The molecule has 3 aromatic heterocycles. The molecule has 0 aliphatic heterocycles. The van der Waals surface area contributed by atoms with E-state index in [-0.39, 0.29) is 11.2 Å². The number of nitrogens with zero attached hydrogens (tertiary/aromatic N) is 1. The Morgan fingerprint density at radius 1 is 1.13 bits per heavy atom. The second kappa shape index (κ2) is 7.57. The highest BCUT2D eigenvalue weighted by Crippen LogP contribution is 2.47. The molecule has 158 valence electrons. The molecule has 0 spiro atoms. The molecule has 0 saturated carbocycles. The van der Waals surface area contributed by atoms with Crippen molar-refractivity contribution in [2.75, 3.05) is 5.73 Å². The van der Waals surface area contributed by atoms with Crippen molar-refractivity contribution < 1.29 is 4.79 Å². The van der Waals surface area contributed by atoms with Crippen molar-refractivity contribution in [3.05, 3.63) is 69.5 Å². The number of hydrogen-bond donors (Lipinski definition) is 1. The minimum Gasteiger partial charge on any atom is -0.397 e. The maximum atomic E-state index is 13.2. The number of benzene rings is 1. The van der Waals surface area contributed by atoms with Crippen LogP contribution < -0.4 is 5.73 Å². The number of rotatable bonds is 3. The van der Waals surface area contributed by atoms with E-state index in [1.165, 1.54) is 33.0 Å². The number of aromatic nitrogens is 1. The lowest BCUT2D eigenvalue weighted by Gasteiger charge is -2.35. The molecule has 0 bridgehead atoms. The van der Waals surface area contributed by atoms with E-state index in [0.29, 0.717) is 22.0 Å². The minimum atomic E-state index is -0.0243. The lowest BCUT2D eigenvalue weighted by molar-refractivity contribution is 0.104. The molecule has 5 heteroatoms. The van der Waals surface area contributed by atoms with Crippen molar-refractivity contribution in [1.82, 2.24) is 4.98 Å². The largest absolute Gasteiger partial charge is 0.397 e. The molecule has 3 nitrogen and oxygen atoms in total. The molecule has 3 heterocycles. The Morgan fingerprint density at radius 3 is 2.58 bits per heavy atom. The monoisotopic (exact) mass is 446 g/mol. The van der Waals surface area contributed by atoms with Crippen molar-refractivity contribution in [2.45, 2.75) is 40.0 Å². The predicted octanol–water partition coefficient (Wildman–Crippen LogP) is 6.99. The lowest BCUT2D eigenvalue weighted by Crippen LogP contribution is -2.27. The van der Waals surface area contributed by atoms with E-state index in [1.807, 2.05) is 30.3 Å². The molecular formula is C26H26N2OS2. The molecule has 1 aliphatic rings. The van der Waals surface area contributed by atoms with Crippen LogP contribution in [0.5, 0.6) is 0 Å². The zero-order valence-electron chi connectivity index (χ0n) is 18.1. The van der Waals surface area contributed by atoms with Crippen LogP contribution in [0.2, 0.25) is 0 Å². The van der Waals surface area contributed by atoms with Crippen molar-refractivity contribution in [3.8, 4) is 10.4 Å². The number of ketones is 1. The number of anilines is 1. The molecule has 0 saturated heterocycles. The number of hydrogen-bond acceptors (Lipinski definition) is 5. The molecule has 0 amide bonds. The van der Waals surface area contributed by atoms with Crippen LogP contribution in [0.15, 0.2) is 47.8 Å². The minimum absolute atomic E-state index is 0.0243. The highest BCUT2D eigenvalue weighted by molar-refractivity contribution is 7.21. The number of nitrogens with two attached hydrogens (primary N) is 1. The van der Waals surface area contributed by atoms with Gasteiger partial charge in [-0.3, -0.25) is 4.79 Å². The molecule has 5 rings (SSSR count). The van der Waals surface area contributed by atoms with E-state index in [0.717, 1.165) is 29.5 Å². The predicted molar refractivity (Wildman–Crippen MR) is 132 cm³/mol. The Hall–Kier alpha value is -2.50. The SMILES string of the molecule is CC(C)(C)[C@H]1CCc2c(nc3sc(C(=O)c4ccccc4)c(N)c3c2-c2cccs2)C1. The molecule has 1 atom stereocenters. The highest BCUT2D eigenvalue weighted by atomic mass is 32.1. The smallest absolute Gasteiger partial charge is 0.205 e. The van der Waals surface area contributed by atoms with Crippen molar-refractivity contribution >= 4 is 44.4 Å². The van der Waals surface area contributed by atoms with E-state index in [9.17, 15) is 4.79 Å². The van der Waals surface area contributed by atoms with Gasteiger partial charge in [0.2, 0.25) is 5.78 Å². The van der Waals surface area contributed by atoms with E-state index >= 15 is 0 Å². The molecule has 0 unspecified atom stereocenters. The maximum Gasteiger partial charge on any atom is 0.205 e. The molecule has 0 fully saturated rings. The summed E-state index contributed by atoms with van der Waals surface area (Å²) in [5.41, 5.74) is 11.9. The number of thiophene rings is 2. The molecule has 31 heavy (non-hydrogen) atoms. The summed E-state index contributed by atoms with van der Waals surface area (Å²) < 4.78 is 0. The quantitative estimate of drug-likeness (QED) is 0.345. The Bertz CT molecular complexity index is 1260. The number of nitrogen functional groups attached to an aromatic ring is 1. The first-order chi connectivity index (χ1) is 14.8. The van der Waals surface area contributed by atoms with Gasteiger partial charge in [0.25, 0.3) is 0 Å². The van der Waals surface area contributed by atoms with Crippen LogP contribution in [0.4, 0.5) is 5.69 Å². The molecular weight excluding hydrogens is 420 g/mol. The fraction of sp³-hybridized carbons (Fsp3) is 0.308. The standard InChI is InChI=1S/C26H26N2OS2/c1-26(2,3)16-11-12-17-18(14-16)28-25-21(20(17)19-10-7-13-30-19)22(27)24(31-25)23(29)15-8-5-4-6-9-15/h4-10,13,16H,11-12,14,27H2,1-3H3/t16-/m0/s1. The maximum absolute atomic E-state index is 13.2. The number of carbonyl (C=O) groups is 1. The first kappa shape index (κ1) is 20.4. The summed E-state index contributed by atoms with van der Waals surface area (Å²) in [4.78, 5) is 21.0. The molecule has 1 aliphatic carbocycles. The van der Waals surface area contributed by atoms with Crippen LogP contribution in [0.1, 0.15) is 53.7 Å². The molecule has 1 aromatic carbocycles. The van der Waals surface area contributed by atoms with E-state index < -0.39 is 0 Å². The van der Waals surface area contributed by atoms with Gasteiger partial charge in [-0.05, 0) is 47.6 Å². The highest BCUT2D eigenvalue weighted by Gasteiger charge is 2.33. The fourth-order valence-corrected chi connectivity index (χ4v) is 6.54. The summed E-state index contributed by atoms with van der Waals surface area (Å²) in [5, 5.41) is 3.06.